The molecule has 0 aliphatic heterocycles. The van der Waals surface area contributed by atoms with Gasteiger partial charge in [0, 0.05) is 12.1 Å². The minimum absolute atomic E-state index is 0.282. The molecule has 0 unspecified atom stereocenters. The zero-order chi connectivity index (χ0) is 14.3. The monoisotopic (exact) mass is 338 g/mol. The molecule has 0 saturated carbocycles. The van der Waals surface area contributed by atoms with E-state index in [-0.39, 0.29) is 6.54 Å². The molecule has 3 rings (SSSR count). The van der Waals surface area contributed by atoms with E-state index in [0.717, 1.165) is 12.1 Å². The first-order chi connectivity index (χ1) is 9.60. The van der Waals surface area contributed by atoms with E-state index in [4.69, 9.17) is 5.73 Å². The smallest absolute Gasteiger partial charge is 0.159 e. The van der Waals surface area contributed by atoms with Crippen molar-refractivity contribution < 1.29 is 8.78 Å². The molecule has 102 valence electrons. The van der Waals surface area contributed by atoms with E-state index in [1.165, 1.54) is 6.07 Å². The molecule has 0 amide bonds. The number of aromatic nitrogens is 3. The summed E-state index contributed by atoms with van der Waals surface area (Å²) in [6.45, 7) is 0.282. The van der Waals surface area contributed by atoms with Crippen molar-refractivity contribution in [2.24, 2.45) is 5.73 Å². The fourth-order valence-electron chi connectivity index (χ4n) is 1.89. The van der Waals surface area contributed by atoms with Gasteiger partial charge in [0.05, 0.1) is 11.4 Å². The maximum absolute atomic E-state index is 13.3. The third-order valence-corrected chi connectivity index (χ3v) is 3.69. The Hall–Kier alpha value is -1.86. The van der Waals surface area contributed by atoms with Gasteiger partial charge in [-0.15, -0.1) is 0 Å². The van der Waals surface area contributed by atoms with Gasteiger partial charge in [-0.1, -0.05) is 0 Å². The molecule has 20 heavy (non-hydrogen) atoms. The normalized spacial score (nSPS) is 11.2. The molecule has 0 fully saturated rings. The van der Waals surface area contributed by atoms with Gasteiger partial charge in [-0.05, 0) is 46.3 Å². The highest BCUT2D eigenvalue weighted by molar-refractivity contribution is 9.10. The summed E-state index contributed by atoms with van der Waals surface area (Å²) in [6.07, 6.45) is 0. The van der Waals surface area contributed by atoms with Crippen molar-refractivity contribution >= 4 is 21.6 Å². The van der Waals surface area contributed by atoms with Crippen LogP contribution in [-0.4, -0.2) is 14.6 Å². The van der Waals surface area contributed by atoms with Crippen LogP contribution < -0.4 is 5.73 Å². The predicted octanol–water partition coefficient (Wildman–Crippen LogP) is 2.90. The van der Waals surface area contributed by atoms with Crippen molar-refractivity contribution in [3.63, 3.8) is 0 Å². The summed E-state index contributed by atoms with van der Waals surface area (Å²) in [7, 11) is 0. The van der Waals surface area contributed by atoms with E-state index in [2.05, 4.69) is 26.0 Å². The number of nitrogens with zero attached hydrogens (tertiary/aromatic N) is 3. The summed E-state index contributed by atoms with van der Waals surface area (Å²) in [5.41, 5.74) is 7.88. The molecule has 0 radical (unpaired) electrons. The van der Waals surface area contributed by atoms with E-state index >= 15 is 0 Å². The average Bonchev–Trinajstić information content (AvgIpc) is 2.78. The number of hydrogen-bond donors (Lipinski definition) is 1. The quantitative estimate of drug-likeness (QED) is 0.781. The summed E-state index contributed by atoms with van der Waals surface area (Å²) >= 11 is 3.37. The molecule has 4 nitrogen and oxygen atoms in total. The number of rotatable bonds is 2. The lowest BCUT2D eigenvalue weighted by Gasteiger charge is -2.03. The highest BCUT2D eigenvalue weighted by atomic mass is 79.9. The standard InChI is InChI=1S/C13H9BrF2N4/c14-13-11(6-17)18-12-4-3-10(19-20(12)13)7-1-2-8(15)9(16)5-7/h1-5H,6,17H2. The molecule has 1 aromatic carbocycles. The van der Waals surface area contributed by atoms with Crippen molar-refractivity contribution in [3.05, 3.63) is 52.3 Å². The summed E-state index contributed by atoms with van der Waals surface area (Å²) in [4.78, 5) is 4.29. The highest BCUT2D eigenvalue weighted by Gasteiger charge is 2.11. The molecule has 0 bridgehead atoms. The van der Waals surface area contributed by atoms with Crippen LogP contribution in [0.1, 0.15) is 5.69 Å². The first-order valence-corrected chi connectivity index (χ1v) is 6.59. The second-order valence-corrected chi connectivity index (χ2v) is 4.92. The van der Waals surface area contributed by atoms with E-state index in [1.54, 1.807) is 16.6 Å². The van der Waals surface area contributed by atoms with Crippen LogP contribution in [0.2, 0.25) is 0 Å². The van der Waals surface area contributed by atoms with E-state index < -0.39 is 11.6 Å². The summed E-state index contributed by atoms with van der Waals surface area (Å²) in [5.74, 6) is -1.79. The largest absolute Gasteiger partial charge is 0.325 e. The van der Waals surface area contributed by atoms with Crippen LogP contribution in [0, 0.1) is 11.6 Å². The Morgan fingerprint density at radius 2 is 1.95 bits per heavy atom. The molecular formula is C13H9BrF2N4. The zero-order valence-electron chi connectivity index (χ0n) is 10.1. The molecule has 2 heterocycles. The Kier molecular flexibility index (Phi) is 3.23. The molecule has 2 aromatic heterocycles. The molecule has 2 N–H and O–H groups in total. The van der Waals surface area contributed by atoms with Crippen LogP contribution in [0.5, 0.6) is 0 Å². The number of benzene rings is 1. The fraction of sp³-hybridized carbons (Fsp3) is 0.0769. The van der Waals surface area contributed by atoms with E-state index in [0.29, 0.717) is 27.2 Å². The molecule has 0 aliphatic carbocycles. The van der Waals surface area contributed by atoms with Gasteiger partial charge < -0.3 is 5.73 Å². The first-order valence-electron chi connectivity index (χ1n) is 5.80. The number of fused-ring (bicyclic) bond motifs is 1. The molecular weight excluding hydrogens is 330 g/mol. The zero-order valence-corrected chi connectivity index (χ0v) is 11.7. The molecule has 3 aromatic rings. The Balaban J connectivity index is 2.16. The second-order valence-electron chi connectivity index (χ2n) is 4.17. The summed E-state index contributed by atoms with van der Waals surface area (Å²) in [6, 6.07) is 7.10. The van der Waals surface area contributed by atoms with Crippen LogP contribution in [0.4, 0.5) is 8.78 Å². The Labute approximate surface area is 121 Å². The van der Waals surface area contributed by atoms with Crippen molar-refractivity contribution in [1.82, 2.24) is 14.6 Å². The number of imidazole rings is 1. The SMILES string of the molecule is NCc1nc2ccc(-c3ccc(F)c(F)c3)nn2c1Br. The van der Waals surface area contributed by atoms with Crippen LogP contribution in [0.15, 0.2) is 34.9 Å². The Morgan fingerprint density at radius 1 is 1.15 bits per heavy atom. The third-order valence-electron chi connectivity index (χ3n) is 2.90. The highest BCUT2D eigenvalue weighted by Crippen LogP contribution is 2.23. The summed E-state index contributed by atoms with van der Waals surface area (Å²) < 4.78 is 28.4. The van der Waals surface area contributed by atoms with Gasteiger partial charge >= 0.3 is 0 Å². The number of nitrogens with two attached hydrogens (primary N) is 1. The van der Waals surface area contributed by atoms with Gasteiger partial charge in [-0.25, -0.2) is 18.3 Å². The van der Waals surface area contributed by atoms with Crippen molar-refractivity contribution in [3.8, 4) is 11.3 Å². The third kappa shape index (κ3) is 2.08. The Morgan fingerprint density at radius 3 is 2.65 bits per heavy atom. The van der Waals surface area contributed by atoms with Gasteiger partial charge in [-0.2, -0.15) is 5.10 Å². The summed E-state index contributed by atoms with van der Waals surface area (Å²) in [5, 5.41) is 4.35. The molecule has 0 atom stereocenters. The minimum Gasteiger partial charge on any atom is -0.325 e. The average molecular weight is 339 g/mol. The fourth-order valence-corrected chi connectivity index (χ4v) is 2.40. The number of halogens is 3. The van der Waals surface area contributed by atoms with Crippen LogP contribution in [-0.2, 0) is 6.54 Å². The molecule has 7 heteroatoms. The van der Waals surface area contributed by atoms with Crippen LogP contribution in [0.3, 0.4) is 0 Å². The molecule has 0 spiro atoms. The van der Waals surface area contributed by atoms with Gasteiger partial charge in [0.25, 0.3) is 0 Å². The van der Waals surface area contributed by atoms with Gasteiger partial charge in [-0.3, -0.25) is 0 Å². The second kappa shape index (κ2) is 4.92. The van der Waals surface area contributed by atoms with Crippen molar-refractivity contribution in [2.75, 3.05) is 0 Å². The van der Waals surface area contributed by atoms with Gasteiger partial charge in [0.1, 0.15) is 4.60 Å². The Bertz CT molecular complexity index is 800. The van der Waals surface area contributed by atoms with Crippen molar-refractivity contribution in [1.29, 1.82) is 0 Å². The van der Waals surface area contributed by atoms with Crippen LogP contribution >= 0.6 is 15.9 Å². The molecule has 0 aliphatic rings. The van der Waals surface area contributed by atoms with E-state index in [9.17, 15) is 8.78 Å². The minimum atomic E-state index is -0.906. The lowest BCUT2D eigenvalue weighted by Crippen LogP contribution is -1.98. The lowest BCUT2D eigenvalue weighted by molar-refractivity contribution is 0.509. The van der Waals surface area contributed by atoms with Crippen molar-refractivity contribution in [2.45, 2.75) is 6.54 Å². The van der Waals surface area contributed by atoms with Gasteiger partial charge in [0.15, 0.2) is 17.3 Å². The van der Waals surface area contributed by atoms with E-state index in [1.807, 2.05) is 0 Å². The van der Waals surface area contributed by atoms with Gasteiger partial charge in [0.2, 0.25) is 0 Å². The first kappa shape index (κ1) is 13.1. The maximum Gasteiger partial charge on any atom is 0.159 e. The number of hydrogen-bond acceptors (Lipinski definition) is 3. The lowest BCUT2D eigenvalue weighted by atomic mass is 10.1. The van der Waals surface area contributed by atoms with Crippen LogP contribution in [0.25, 0.3) is 16.9 Å². The topological polar surface area (TPSA) is 56.2 Å². The maximum atomic E-state index is 13.3. The predicted molar refractivity (Wildman–Crippen MR) is 73.9 cm³/mol. The molecule has 0 saturated heterocycles.